The first-order valence-corrected chi connectivity index (χ1v) is 12.2. The highest BCUT2D eigenvalue weighted by atomic mass is 32.1. The summed E-state index contributed by atoms with van der Waals surface area (Å²) < 4.78 is 11.1. The molecule has 0 spiro atoms. The number of allylic oxidation sites excluding steroid dienone is 3. The normalized spacial score (nSPS) is 19.0. The fraction of sp³-hybridized carbons (Fsp3) is 0.346. The molecule has 0 fully saturated rings. The van der Waals surface area contributed by atoms with Crippen molar-refractivity contribution in [1.29, 1.82) is 0 Å². The van der Waals surface area contributed by atoms with Gasteiger partial charge in [-0.1, -0.05) is 37.3 Å². The molecule has 0 bridgehead atoms. The van der Waals surface area contributed by atoms with Crippen molar-refractivity contribution in [3.05, 3.63) is 82.3 Å². The molecule has 0 amide bonds. The number of carbonyl (C=O) groups is 1. The van der Waals surface area contributed by atoms with Crippen molar-refractivity contribution < 1.29 is 14.3 Å². The molecule has 3 heterocycles. The first-order valence-electron chi connectivity index (χ1n) is 11.4. The van der Waals surface area contributed by atoms with Gasteiger partial charge >= 0.3 is 0 Å². The number of hydrogen-bond acceptors (Lipinski definition) is 8. The third kappa shape index (κ3) is 4.63. The number of Topliss-reactive ketones (excluding diaryl/α,β-unsaturated/α-hetero) is 1. The molecule has 1 N–H and O–H groups in total. The van der Waals surface area contributed by atoms with E-state index in [0.717, 1.165) is 57.6 Å². The van der Waals surface area contributed by atoms with E-state index in [4.69, 9.17) is 14.5 Å². The second kappa shape index (κ2) is 9.10. The van der Waals surface area contributed by atoms with Gasteiger partial charge < -0.3 is 14.8 Å². The summed E-state index contributed by atoms with van der Waals surface area (Å²) in [5.41, 5.74) is 4.06. The van der Waals surface area contributed by atoms with Crippen LogP contribution in [0.25, 0.3) is 0 Å². The monoisotopic (exact) mass is 476 g/mol. The smallest absolute Gasteiger partial charge is 0.212 e. The molecule has 0 saturated carbocycles. The van der Waals surface area contributed by atoms with E-state index in [2.05, 4.69) is 36.3 Å². The summed E-state index contributed by atoms with van der Waals surface area (Å²) in [4.78, 5) is 24.5. The van der Waals surface area contributed by atoms with Crippen LogP contribution in [0, 0.1) is 5.41 Å². The number of pyridine rings is 1. The summed E-state index contributed by atoms with van der Waals surface area (Å²) in [6.07, 6.45) is 14.8. The number of fused-ring (bicyclic) bond motifs is 1. The average molecular weight is 477 g/mol. The van der Waals surface area contributed by atoms with Crippen LogP contribution in [0.5, 0.6) is 5.88 Å². The predicted octanol–water partition coefficient (Wildman–Crippen LogP) is 5.24. The van der Waals surface area contributed by atoms with Crippen molar-refractivity contribution in [3.8, 4) is 5.88 Å². The molecule has 0 aromatic carbocycles. The Hall–Kier alpha value is -3.39. The molecule has 7 nitrogen and oxygen atoms in total. The molecule has 3 aliphatic rings. The first-order chi connectivity index (χ1) is 16.4. The van der Waals surface area contributed by atoms with Gasteiger partial charge in [-0.05, 0) is 36.3 Å². The molecule has 5 rings (SSSR count). The minimum atomic E-state index is -0.0451. The zero-order valence-corrected chi connectivity index (χ0v) is 20.4. The van der Waals surface area contributed by atoms with Gasteiger partial charge in [0.25, 0.3) is 0 Å². The van der Waals surface area contributed by atoms with Crippen LogP contribution in [0.4, 0.5) is 5.13 Å². The second-order valence-electron chi connectivity index (χ2n) is 9.41. The Kier molecular flexibility index (Phi) is 6.00. The lowest BCUT2D eigenvalue weighted by molar-refractivity contribution is 0.0916. The van der Waals surface area contributed by atoms with Crippen LogP contribution in [0.1, 0.15) is 54.0 Å². The van der Waals surface area contributed by atoms with Gasteiger partial charge in [-0.2, -0.15) is 0 Å². The van der Waals surface area contributed by atoms with E-state index in [1.165, 1.54) is 11.3 Å². The summed E-state index contributed by atoms with van der Waals surface area (Å²) in [6.45, 7) is 4.89. The van der Waals surface area contributed by atoms with E-state index in [0.29, 0.717) is 18.8 Å². The molecule has 0 atom stereocenters. The number of thiazole rings is 1. The van der Waals surface area contributed by atoms with Gasteiger partial charge in [0.1, 0.15) is 12.0 Å². The molecule has 1 aliphatic heterocycles. The Balaban J connectivity index is 1.38. The molecular weight excluding hydrogens is 448 g/mol. The fourth-order valence-electron chi connectivity index (χ4n) is 4.37. The highest BCUT2D eigenvalue weighted by molar-refractivity contribution is 7.17. The summed E-state index contributed by atoms with van der Waals surface area (Å²) in [5.74, 6) is 1.57. The summed E-state index contributed by atoms with van der Waals surface area (Å²) in [5, 5.41) is 4.31. The largest absolute Gasteiger partial charge is 0.481 e. The van der Waals surface area contributed by atoms with Gasteiger partial charge in [0.05, 0.1) is 23.9 Å². The van der Waals surface area contributed by atoms with Crippen molar-refractivity contribution in [2.45, 2.75) is 46.1 Å². The van der Waals surface area contributed by atoms with Crippen LogP contribution < -0.4 is 15.0 Å². The Labute approximate surface area is 203 Å². The van der Waals surface area contributed by atoms with Gasteiger partial charge in [0, 0.05) is 42.7 Å². The number of ether oxygens (including phenoxy) is 2. The molecule has 0 saturated heterocycles. The number of methoxy groups -OCH3 is 1. The van der Waals surface area contributed by atoms with E-state index >= 15 is 0 Å². The van der Waals surface area contributed by atoms with Crippen molar-refractivity contribution in [1.82, 2.24) is 15.3 Å². The van der Waals surface area contributed by atoms with Crippen molar-refractivity contribution >= 4 is 22.3 Å². The SMILES string of the molecule is COc1ccc(CNC2=C(C3=CN(c4nc5c(s4)C(=O)CC(C)(C)C5)C=CO3)CCC=C2)cn1. The average Bonchev–Trinajstić information content (AvgIpc) is 3.27. The van der Waals surface area contributed by atoms with Gasteiger partial charge in [0.15, 0.2) is 10.9 Å². The van der Waals surface area contributed by atoms with E-state index in [9.17, 15) is 4.79 Å². The molecule has 0 radical (unpaired) electrons. The van der Waals surface area contributed by atoms with Crippen molar-refractivity contribution in [2.75, 3.05) is 12.0 Å². The number of rotatable bonds is 6. The third-order valence-corrected chi connectivity index (χ3v) is 7.23. The van der Waals surface area contributed by atoms with Crippen LogP contribution >= 0.6 is 11.3 Å². The minimum Gasteiger partial charge on any atom is -0.481 e. The predicted molar refractivity (Wildman–Crippen MR) is 132 cm³/mol. The maximum absolute atomic E-state index is 12.6. The van der Waals surface area contributed by atoms with Crippen LogP contribution in [0.2, 0.25) is 0 Å². The lowest BCUT2D eigenvalue weighted by atomic mass is 9.78. The lowest BCUT2D eigenvalue weighted by Gasteiger charge is -2.26. The Morgan fingerprint density at radius 2 is 2.18 bits per heavy atom. The fourth-order valence-corrected chi connectivity index (χ4v) is 5.35. The van der Waals surface area contributed by atoms with Gasteiger partial charge in [-0.3, -0.25) is 9.69 Å². The Bertz CT molecular complexity index is 1220. The molecule has 0 unspecified atom stereocenters. The third-order valence-electron chi connectivity index (χ3n) is 6.08. The highest BCUT2D eigenvalue weighted by Crippen LogP contribution is 2.40. The maximum Gasteiger partial charge on any atom is 0.212 e. The van der Waals surface area contributed by atoms with Crippen LogP contribution in [0.3, 0.4) is 0 Å². The topological polar surface area (TPSA) is 76.6 Å². The standard InChI is InChI=1S/C26H28N4O3S/c1-26(2)12-20-24(21(31)13-26)34-25(29-20)30-10-11-33-22(16-30)18-6-4-5-7-19(18)27-14-17-8-9-23(32-3)28-15-17/h5,7-11,15-16,27H,4,6,12-14H2,1-3H3. The number of nitrogens with one attached hydrogen (secondary N) is 1. The van der Waals surface area contributed by atoms with Gasteiger partial charge in [0.2, 0.25) is 5.88 Å². The van der Waals surface area contributed by atoms with Gasteiger partial charge in [-0.25, -0.2) is 9.97 Å². The Morgan fingerprint density at radius 3 is 2.97 bits per heavy atom. The molecular formula is C26H28N4O3S. The van der Waals surface area contributed by atoms with Crippen LogP contribution in [-0.4, -0.2) is 22.9 Å². The van der Waals surface area contributed by atoms with Crippen LogP contribution in [-0.2, 0) is 17.7 Å². The Morgan fingerprint density at radius 1 is 1.29 bits per heavy atom. The highest BCUT2D eigenvalue weighted by Gasteiger charge is 2.34. The zero-order chi connectivity index (χ0) is 23.7. The quantitative estimate of drug-likeness (QED) is 0.611. The number of ketones is 1. The number of nitrogens with zero attached hydrogens (tertiary/aromatic N) is 3. The lowest BCUT2D eigenvalue weighted by Crippen LogP contribution is -2.26. The molecule has 176 valence electrons. The maximum atomic E-state index is 12.6. The second-order valence-corrected chi connectivity index (χ2v) is 10.4. The van der Waals surface area contributed by atoms with Crippen molar-refractivity contribution in [3.63, 3.8) is 0 Å². The molecule has 2 aromatic rings. The van der Waals surface area contributed by atoms with Gasteiger partial charge in [-0.15, -0.1) is 0 Å². The van der Waals surface area contributed by atoms with E-state index in [1.54, 1.807) is 13.4 Å². The minimum absolute atomic E-state index is 0.0451. The summed E-state index contributed by atoms with van der Waals surface area (Å²) in [7, 11) is 1.61. The number of carbonyl (C=O) groups excluding carboxylic acids is 1. The summed E-state index contributed by atoms with van der Waals surface area (Å²) >= 11 is 1.46. The van der Waals surface area contributed by atoms with E-state index in [-0.39, 0.29) is 11.2 Å². The number of anilines is 1. The molecule has 2 aromatic heterocycles. The zero-order valence-electron chi connectivity index (χ0n) is 19.6. The van der Waals surface area contributed by atoms with Crippen molar-refractivity contribution in [2.24, 2.45) is 5.41 Å². The van der Waals surface area contributed by atoms with Crippen LogP contribution in [0.15, 0.2) is 66.2 Å². The summed E-state index contributed by atoms with van der Waals surface area (Å²) in [6, 6.07) is 3.86. The van der Waals surface area contributed by atoms with E-state index < -0.39 is 0 Å². The molecule has 8 heteroatoms. The molecule has 34 heavy (non-hydrogen) atoms. The number of aromatic nitrogens is 2. The number of hydrogen-bond donors (Lipinski definition) is 1. The first kappa shape index (κ1) is 22.4. The molecule has 2 aliphatic carbocycles. The van der Waals surface area contributed by atoms with E-state index in [1.807, 2.05) is 35.6 Å².